The molecule has 2 heterocycles. The van der Waals surface area contributed by atoms with Crippen molar-refractivity contribution in [2.75, 3.05) is 0 Å². The first-order valence-electron chi connectivity index (χ1n) is 5.65. The highest BCUT2D eigenvalue weighted by molar-refractivity contribution is 7.99. The largest absolute Gasteiger partial charge is 0.409 e. The van der Waals surface area contributed by atoms with Gasteiger partial charge in [-0.05, 0) is 43.7 Å². The van der Waals surface area contributed by atoms with Crippen LogP contribution < -0.4 is 5.73 Å². The van der Waals surface area contributed by atoms with E-state index in [9.17, 15) is 0 Å². The van der Waals surface area contributed by atoms with E-state index in [1.807, 2.05) is 32.0 Å². The highest BCUT2D eigenvalue weighted by atomic mass is 32.2. The summed E-state index contributed by atoms with van der Waals surface area (Å²) in [7, 11) is 0. The summed E-state index contributed by atoms with van der Waals surface area (Å²) >= 11 is 1.48. The van der Waals surface area contributed by atoms with Crippen LogP contribution in [0.2, 0.25) is 0 Å². The van der Waals surface area contributed by atoms with E-state index in [0.29, 0.717) is 5.56 Å². The minimum absolute atomic E-state index is 0.0496. The molecule has 2 rings (SSSR count). The van der Waals surface area contributed by atoms with E-state index in [1.165, 1.54) is 17.3 Å². The predicted molar refractivity (Wildman–Crippen MR) is 74.6 cm³/mol. The Morgan fingerprint density at radius 1 is 1.26 bits per heavy atom. The van der Waals surface area contributed by atoms with Crippen molar-refractivity contribution >= 4 is 17.6 Å². The van der Waals surface area contributed by atoms with Crippen LogP contribution in [0.25, 0.3) is 0 Å². The van der Waals surface area contributed by atoms with Crippen molar-refractivity contribution in [1.29, 1.82) is 0 Å². The third-order valence-corrected chi connectivity index (χ3v) is 3.29. The van der Waals surface area contributed by atoms with Crippen molar-refractivity contribution in [3.63, 3.8) is 0 Å². The van der Waals surface area contributed by atoms with Crippen molar-refractivity contribution < 1.29 is 5.21 Å². The number of hydrogen-bond acceptors (Lipinski definition) is 5. The fourth-order valence-electron chi connectivity index (χ4n) is 1.61. The summed E-state index contributed by atoms with van der Waals surface area (Å²) in [6.07, 6.45) is 1.57. The van der Waals surface area contributed by atoms with Gasteiger partial charge in [-0.25, -0.2) is 9.97 Å². The van der Waals surface area contributed by atoms with Crippen LogP contribution in [0.3, 0.4) is 0 Å². The lowest BCUT2D eigenvalue weighted by atomic mass is 10.3. The molecule has 2 aromatic rings. The molecule has 0 radical (unpaired) electrons. The van der Waals surface area contributed by atoms with E-state index in [-0.39, 0.29) is 5.84 Å². The maximum atomic E-state index is 8.57. The van der Waals surface area contributed by atoms with E-state index < -0.39 is 0 Å². The maximum Gasteiger partial charge on any atom is 0.171 e. The fourth-order valence-corrected chi connectivity index (χ4v) is 2.50. The van der Waals surface area contributed by atoms with Gasteiger partial charge in [-0.15, -0.1) is 0 Å². The third kappa shape index (κ3) is 3.45. The number of aryl methyl sites for hydroxylation is 2. The van der Waals surface area contributed by atoms with Gasteiger partial charge in [0.2, 0.25) is 0 Å². The van der Waals surface area contributed by atoms with Crippen molar-refractivity contribution in [2.24, 2.45) is 10.9 Å². The number of amidine groups is 1. The Kier molecular flexibility index (Phi) is 4.01. The second-order valence-corrected chi connectivity index (χ2v) is 5.14. The third-order valence-electron chi connectivity index (χ3n) is 2.42. The van der Waals surface area contributed by atoms with E-state index >= 15 is 0 Å². The Balaban J connectivity index is 2.19. The molecule has 6 heteroatoms. The Hall–Kier alpha value is -2.08. The Labute approximate surface area is 115 Å². The minimum atomic E-state index is 0.0496. The predicted octanol–water partition coefficient (Wildman–Crippen LogP) is 2.34. The lowest BCUT2D eigenvalue weighted by molar-refractivity contribution is 0.318. The summed E-state index contributed by atoms with van der Waals surface area (Å²) in [6, 6.07) is 7.61. The molecule has 0 aliphatic rings. The van der Waals surface area contributed by atoms with E-state index in [1.54, 1.807) is 12.3 Å². The number of oxime groups is 1. The Morgan fingerprint density at radius 2 is 2.05 bits per heavy atom. The van der Waals surface area contributed by atoms with Crippen molar-refractivity contribution in [2.45, 2.75) is 23.9 Å². The van der Waals surface area contributed by atoms with Crippen LogP contribution in [0.15, 0.2) is 45.7 Å². The standard InChI is InChI=1S/C13H14N4OS/c1-8-5-9(2)16-12(6-8)19-11-4-3-10(7-15-11)13(14)17-18/h3-7,18H,1-2H3,(H2,14,17). The average molecular weight is 274 g/mol. The fraction of sp³-hybridized carbons (Fsp3) is 0.154. The SMILES string of the molecule is Cc1cc(C)nc(Sc2ccc(/C(N)=N/O)cn2)c1. The molecule has 2 aromatic heterocycles. The summed E-state index contributed by atoms with van der Waals surface area (Å²) < 4.78 is 0. The number of rotatable bonds is 3. The number of nitrogens with zero attached hydrogens (tertiary/aromatic N) is 3. The quantitative estimate of drug-likeness (QED) is 0.388. The minimum Gasteiger partial charge on any atom is -0.409 e. The molecule has 0 saturated carbocycles. The molecule has 3 N–H and O–H groups in total. The molecule has 0 aromatic carbocycles. The van der Waals surface area contributed by atoms with Gasteiger partial charge < -0.3 is 10.9 Å². The van der Waals surface area contributed by atoms with Crippen molar-refractivity contribution in [3.05, 3.63) is 47.3 Å². The maximum absolute atomic E-state index is 8.57. The molecule has 0 spiro atoms. The molecule has 0 aliphatic carbocycles. The van der Waals surface area contributed by atoms with Gasteiger partial charge in [-0.1, -0.05) is 16.9 Å². The zero-order valence-electron chi connectivity index (χ0n) is 10.7. The molecule has 98 valence electrons. The van der Waals surface area contributed by atoms with Crippen molar-refractivity contribution in [3.8, 4) is 0 Å². The molecule has 0 bridgehead atoms. The van der Waals surface area contributed by atoms with Crippen LogP contribution >= 0.6 is 11.8 Å². The zero-order valence-corrected chi connectivity index (χ0v) is 11.5. The van der Waals surface area contributed by atoms with Gasteiger partial charge in [0.25, 0.3) is 0 Å². The molecule has 0 atom stereocenters. The lowest BCUT2D eigenvalue weighted by Gasteiger charge is -2.04. The van der Waals surface area contributed by atoms with Crippen LogP contribution in [-0.2, 0) is 0 Å². The summed E-state index contributed by atoms with van der Waals surface area (Å²) in [5, 5.41) is 13.2. The summed E-state index contributed by atoms with van der Waals surface area (Å²) in [4.78, 5) is 8.69. The molecule has 19 heavy (non-hydrogen) atoms. The van der Waals surface area contributed by atoms with Gasteiger partial charge in [-0.3, -0.25) is 0 Å². The second-order valence-electron chi connectivity index (χ2n) is 4.10. The van der Waals surface area contributed by atoms with Crippen LogP contribution in [0.1, 0.15) is 16.8 Å². The van der Waals surface area contributed by atoms with Crippen LogP contribution in [-0.4, -0.2) is 21.0 Å². The Morgan fingerprint density at radius 3 is 2.63 bits per heavy atom. The molecule has 0 fully saturated rings. The first-order chi connectivity index (χ1) is 9.08. The van der Waals surface area contributed by atoms with Crippen molar-refractivity contribution in [1.82, 2.24) is 9.97 Å². The van der Waals surface area contributed by atoms with E-state index in [4.69, 9.17) is 10.9 Å². The average Bonchev–Trinajstić information content (AvgIpc) is 2.37. The Bertz CT molecular complexity index is 590. The summed E-state index contributed by atoms with van der Waals surface area (Å²) in [5.74, 6) is 0.0496. The molecule has 0 amide bonds. The van der Waals surface area contributed by atoms with Gasteiger partial charge in [0.05, 0.1) is 0 Å². The highest BCUT2D eigenvalue weighted by Gasteiger charge is 2.04. The summed E-state index contributed by atoms with van der Waals surface area (Å²) in [6.45, 7) is 4.00. The highest BCUT2D eigenvalue weighted by Crippen LogP contribution is 2.25. The number of hydrogen-bond donors (Lipinski definition) is 2. The smallest absolute Gasteiger partial charge is 0.171 e. The monoisotopic (exact) mass is 274 g/mol. The number of aromatic nitrogens is 2. The van der Waals surface area contributed by atoms with Crippen LogP contribution in [0.4, 0.5) is 0 Å². The zero-order chi connectivity index (χ0) is 13.8. The van der Waals surface area contributed by atoms with Gasteiger partial charge in [0.15, 0.2) is 5.84 Å². The van der Waals surface area contributed by atoms with Gasteiger partial charge >= 0.3 is 0 Å². The topological polar surface area (TPSA) is 84.4 Å². The number of nitrogens with two attached hydrogens (primary N) is 1. The van der Waals surface area contributed by atoms with Crippen LogP contribution in [0, 0.1) is 13.8 Å². The first-order valence-corrected chi connectivity index (χ1v) is 6.47. The van der Waals surface area contributed by atoms with Gasteiger partial charge in [-0.2, -0.15) is 0 Å². The number of pyridine rings is 2. The van der Waals surface area contributed by atoms with E-state index in [0.717, 1.165) is 15.7 Å². The molecular weight excluding hydrogens is 260 g/mol. The normalized spacial score (nSPS) is 11.6. The van der Waals surface area contributed by atoms with Gasteiger partial charge in [0, 0.05) is 17.5 Å². The van der Waals surface area contributed by atoms with E-state index in [2.05, 4.69) is 15.1 Å². The molecule has 0 aliphatic heterocycles. The molecule has 5 nitrogen and oxygen atoms in total. The lowest BCUT2D eigenvalue weighted by Crippen LogP contribution is -2.13. The molecule has 0 unspecified atom stereocenters. The molecular formula is C13H14N4OS. The summed E-state index contributed by atoms with van der Waals surface area (Å²) in [5.41, 5.74) is 8.21. The second kappa shape index (κ2) is 5.71. The van der Waals surface area contributed by atoms with Crippen LogP contribution in [0.5, 0.6) is 0 Å². The van der Waals surface area contributed by atoms with Gasteiger partial charge in [0.1, 0.15) is 10.1 Å². The first kappa shape index (κ1) is 13.4. The molecule has 0 saturated heterocycles.